The van der Waals surface area contributed by atoms with Crippen molar-refractivity contribution < 1.29 is 4.39 Å². The van der Waals surface area contributed by atoms with Crippen LogP contribution in [-0.2, 0) is 6.42 Å². The molecule has 4 heteroatoms. The number of nitrogens with one attached hydrogen (secondary N) is 1. The monoisotopic (exact) mass is 306 g/mol. The van der Waals surface area contributed by atoms with E-state index in [0.717, 1.165) is 29.2 Å². The van der Waals surface area contributed by atoms with Crippen LogP contribution >= 0.6 is 12.2 Å². The predicted octanol–water partition coefficient (Wildman–Crippen LogP) is 4.17. The van der Waals surface area contributed by atoms with Crippen molar-refractivity contribution in [2.45, 2.75) is 64.0 Å². The van der Waals surface area contributed by atoms with Gasteiger partial charge in [-0.15, -0.1) is 0 Å². The molecule has 0 spiro atoms. The molecule has 1 aromatic rings. The lowest BCUT2D eigenvalue weighted by atomic mass is 9.95. The van der Waals surface area contributed by atoms with Gasteiger partial charge in [0.05, 0.1) is 0 Å². The van der Waals surface area contributed by atoms with Crippen molar-refractivity contribution in [3.05, 3.63) is 29.6 Å². The molecule has 2 nitrogen and oxygen atoms in total. The number of nitrogens with zero attached hydrogens (tertiary/aromatic N) is 1. The predicted molar refractivity (Wildman–Crippen MR) is 89.3 cm³/mol. The van der Waals surface area contributed by atoms with Crippen LogP contribution in [0.25, 0.3) is 0 Å². The number of aryl methyl sites for hydroxylation is 1. The molecule has 1 N–H and O–H groups in total. The molecule has 1 heterocycles. The quantitative estimate of drug-likeness (QED) is 0.784. The van der Waals surface area contributed by atoms with Crippen LogP contribution in [0.2, 0.25) is 0 Å². The summed E-state index contributed by atoms with van der Waals surface area (Å²) in [5.74, 6) is -0.158. The molecule has 0 aromatic heterocycles. The Kier molecular flexibility index (Phi) is 4.43. The summed E-state index contributed by atoms with van der Waals surface area (Å²) in [4.78, 5) is 2.18. The van der Waals surface area contributed by atoms with Crippen molar-refractivity contribution >= 4 is 23.0 Å². The molecule has 3 rings (SSSR count). The minimum absolute atomic E-state index is 0.158. The zero-order chi connectivity index (χ0) is 14.8. The lowest BCUT2D eigenvalue weighted by molar-refractivity contribution is 0.412. The largest absolute Gasteiger partial charge is 0.360 e. The number of benzene rings is 1. The number of halogens is 1. The minimum atomic E-state index is -0.158. The Bertz CT molecular complexity index is 526. The maximum Gasteiger partial charge on any atom is 0.173 e. The van der Waals surface area contributed by atoms with Gasteiger partial charge < -0.3 is 10.2 Å². The summed E-state index contributed by atoms with van der Waals surface area (Å²) in [6, 6.07) is 5.93. The zero-order valence-electron chi connectivity index (χ0n) is 12.6. The Labute approximate surface area is 131 Å². The molecule has 0 bridgehead atoms. The normalized spacial score (nSPS) is 22.8. The second kappa shape index (κ2) is 6.30. The zero-order valence-corrected chi connectivity index (χ0v) is 13.4. The molecule has 21 heavy (non-hydrogen) atoms. The van der Waals surface area contributed by atoms with Crippen molar-refractivity contribution in [2.75, 3.05) is 4.90 Å². The Morgan fingerprint density at radius 3 is 2.76 bits per heavy atom. The van der Waals surface area contributed by atoms with E-state index in [4.69, 9.17) is 12.2 Å². The highest BCUT2D eigenvalue weighted by Gasteiger charge is 2.27. The fourth-order valence-electron chi connectivity index (χ4n) is 3.52. The summed E-state index contributed by atoms with van der Waals surface area (Å²) in [5, 5.41) is 4.35. The summed E-state index contributed by atoms with van der Waals surface area (Å²) in [5.41, 5.74) is 2.14. The van der Waals surface area contributed by atoms with E-state index < -0.39 is 0 Å². The summed E-state index contributed by atoms with van der Waals surface area (Å²) in [6.45, 7) is 2.20. The number of anilines is 1. The third kappa shape index (κ3) is 3.20. The average molecular weight is 306 g/mol. The van der Waals surface area contributed by atoms with Gasteiger partial charge in [0.25, 0.3) is 0 Å². The van der Waals surface area contributed by atoms with E-state index in [1.54, 1.807) is 6.07 Å². The third-order valence-corrected chi connectivity index (χ3v) is 5.04. The van der Waals surface area contributed by atoms with Gasteiger partial charge in [-0.2, -0.15) is 0 Å². The number of hydrogen-bond acceptors (Lipinski definition) is 1. The molecular formula is C17H23FN2S. The fourth-order valence-corrected chi connectivity index (χ4v) is 3.97. The molecular weight excluding hydrogens is 283 g/mol. The van der Waals surface area contributed by atoms with E-state index in [9.17, 15) is 4.39 Å². The molecule has 1 aliphatic heterocycles. The Morgan fingerprint density at radius 1 is 1.24 bits per heavy atom. The van der Waals surface area contributed by atoms with Crippen molar-refractivity contribution in [1.82, 2.24) is 5.32 Å². The van der Waals surface area contributed by atoms with E-state index in [-0.39, 0.29) is 5.82 Å². The molecule has 1 saturated carbocycles. The Morgan fingerprint density at radius 2 is 2.00 bits per heavy atom. The first-order valence-corrected chi connectivity index (χ1v) is 8.44. The van der Waals surface area contributed by atoms with E-state index in [1.807, 2.05) is 6.07 Å². The average Bonchev–Trinajstić information content (AvgIpc) is 2.48. The Balaban J connectivity index is 1.78. The highest BCUT2D eigenvalue weighted by molar-refractivity contribution is 7.80. The number of hydrogen-bond donors (Lipinski definition) is 1. The van der Waals surface area contributed by atoms with Gasteiger partial charge in [0.15, 0.2) is 5.11 Å². The van der Waals surface area contributed by atoms with E-state index in [0.29, 0.717) is 12.1 Å². The van der Waals surface area contributed by atoms with Crippen LogP contribution in [0.3, 0.4) is 0 Å². The van der Waals surface area contributed by atoms with Crippen LogP contribution in [0.5, 0.6) is 0 Å². The number of fused-ring (bicyclic) bond motifs is 1. The topological polar surface area (TPSA) is 15.3 Å². The van der Waals surface area contributed by atoms with E-state index >= 15 is 0 Å². The standard InChI is InChI=1S/C17H23FN2S/c1-12-7-8-13-11-14(18)9-10-16(13)20(12)17(21)19-15-5-3-2-4-6-15/h9-12,15H,2-8H2,1H3,(H,19,21). The fraction of sp³-hybridized carbons (Fsp3) is 0.588. The van der Waals surface area contributed by atoms with Gasteiger partial charge in [0.2, 0.25) is 0 Å². The van der Waals surface area contributed by atoms with Gasteiger partial charge in [0.1, 0.15) is 5.82 Å². The third-order valence-electron chi connectivity index (χ3n) is 4.72. The van der Waals surface area contributed by atoms with Gasteiger partial charge in [-0.1, -0.05) is 19.3 Å². The maximum atomic E-state index is 13.4. The van der Waals surface area contributed by atoms with E-state index in [1.165, 1.54) is 38.2 Å². The minimum Gasteiger partial charge on any atom is -0.360 e. The summed E-state index contributed by atoms with van der Waals surface area (Å²) in [7, 11) is 0. The molecule has 0 saturated heterocycles. The smallest absolute Gasteiger partial charge is 0.173 e. The lowest BCUT2D eigenvalue weighted by Gasteiger charge is -2.39. The molecule has 114 valence electrons. The number of thiocarbonyl (C=S) groups is 1. The molecule has 0 amide bonds. The van der Waals surface area contributed by atoms with Crippen molar-refractivity contribution in [3.8, 4) is 0 Å². The van der Waals surface area contributed by atoms with Crippen LogP contribution in [0, 0.1) is 5.82 Å². The second-order valence-electron chi connectivity index (χ2n) is 6.32. The van der Waals surface area contributed by atoms with Crippen LogP contribution in [-0.4, -0.2) is 17.2 Å². The van der Waals surface area contributed by atoms with Crippen LogP contribution < -0.4 is 10.2 Å². The van der Waals surface area contributed by atoms with Crippen molar-refractivity contribution in [1.29, 1.82) is 0 Å². The first-order chi connectivity index (χ1) is 10.1. The van der Waals surface area contributed by atoms with Crippen LogP contribution in [0.1, 0.15) is 51.0 Å². The molecule has 1 unspecified atom stereocenters. The summed E-state index contributed by atoms with van der Waals surface area (Å²) in [6.07, 6.45) is 8.28. The molecule has 2 aliphatic rings. The number of rotatable bonds is 1. The highest BCUT2D eigenvalue weighted by Crippen LogP contribution is 2.31. The first kappa shape index (κ1) is 14.8. The molecule has 0 radical (unpaired) electrons. The highest BCUT2D eigenvalue weighted by atomic mass is 32.1. The molecule has 1 fully saturated rings. The SMILES string of the molecule is CC1CCc2cc(F)ccc2N1C(=S)NC1CCCCC1. The van der Waals surface area contributed by atoms with Gasteiger partial charge in [-0.25, -0.2) is 4.39 Å². The molecule has 1 aliphatic carbocycles. The summed E-state index contributed by atoms with van der Waals surface area (Å²) >= 11 is 5.66. The maximum absolute atomic E-state index is 13.4. The van der Waals surface area contributed by atoms with Crippen LogP contribution in [0.15, 0.2) is 18.2 Å². The first-order valence-electron chi connectivity index (χ1n) is 8.03. The van der Waals surface area contributed by atoms with Crippen molar-refractivity contribution in [3.63, 3.8) is 0 Å². The summed E-state index contributed by atoms with van der Waals surface area (Å²) < 4.78 is 13.4. The van der Waals surface area contributed by atoms with Gasteiger partial charge in [0, 0.05) is 17.8 Å². The Hall–Kier alpha value is -1.16. The van der Waals surface area contributed by atoms with Gasteiger partial charge in [-0.05, 0) is 68.6 Å². The molecule has 1 aromatic carbocycles. The van der Waals surface area contributed by atoms with Gasteiger partial charge >= 0.3 is 0 Å². The second-order valence-corrected chi connectivity index (χ2v) is 6.70. The lowest BCUT2D eigenvalue weighted by Crippen LogP contribution is -2.50. The molecule has 1 atom stereocenters. The van der Waals surface area contributed by atoms with Crippen molar-refractivity contribution in [2.24, 2.45) is 0 Å². The van der Waals surface area contributed by atoms with E-state index in [2.05, 4.69) is 17.1 Å². The van der Waals surface area contributed by atoms with Gasteiger partial charge in [-0.3, -0.25) is 0 Å². The van der Waals surface area contributed by atoms with Crippen LogP contribution in [0.4, 0.5) is 10.1 Å².